The highest BCUT2D eigenvalue weighted by Crippen LogP contribution is 2.42. The lowest BCUT2D eigenvalue weighted by molar-refractivity contribution is 0.0926. The largest absolute Gasteiger partial charge is 0.308 e. The van der Waals surface area contributed by atoms with Gasteiger partial charge in [0.25, 0.3) is 11.8 Å². The van der Waals surface area contributed by atoms with Crippen molar-refractivity contribution >= 4 is 39.3 Å². The molecular weight excluding hydrogens is 528 g/mol. The molecule has 7 aromatic rings. The first-order valence-electron chi connectivity index (χ1n) is 14.4. The lowest BCUT2D eigenvalue weighted by Gasteiger charge is -2.19. The average molecular weight is 555 g/mol. The predicted octanol–water partition coefficient (Wildman–Crippen LogP) is 9.23. The zero-order chi connectivity index (χ0) is 29.1. The van der Waals surface area contributed by atoms with Gasteiger partial charge in [0.1, 0.15) is 0 Å². The van der Waals surface area contributed by atoms with E-state index in [9.17, 15) is 9.59 Å². The lowest BCUT2D eigenvalue weighted by atomic mass is 10.0. The minimum Gasteiger partial charge on any atom is -0.308 e. The van der Waals surface area contributed by atoms with E-state index in [0.29, 0.717) is 22.5 Å². The summed E-state index contributed by atoms with van der Waals surface area (Å²) in [5, 5.41) is 2.18. The van der Waals surface area contributed by atoms with E-state index < -0.39 is 0 Å². The van der Waals surface area contributed by atoms with Gasteiger partial charge in [0.05, 0.1) is 33.5 Å². The van der Waals surface area contributed by atoms with Crippen molar-refractivity contribution in [3.63, 3.8) is 0 Å². The SMILES string of the molecule is Cc1ccc(-c2cccc3c4ccccc4n(-c4cccc5c4C(=O)N(c4ccccc4-c4ccccc4)C5=O)c23)cc1. The summed E-state index contributed by atoms with van der Waals surface area (Å²) in [5.74, 6) is -0.637. The Morgan fingerprint density at radius 1 is 0.465 bits per heavy atom. The van der Waals surface area contributed by atoms with Gasteiger partial charge in [-0.15, -0.1) is 0 Å². The number of aromatic nitrogens is 1. The third-order valence-corrected chi connectivity index (χ3v) is 8.42. The molecule has 0 radical (unpaired) electrons. The number of benzene rings is 6. The summed E-state index contributed by atoms with van der Waals surface area (Å²) >= 11 is 0. The van der Waals surface area contributed by atoms with Crippen LogP contribution >= 0.6 is 0 Å². The summed E-state index contributed by atoms with van der Waals surface area (Å²) < 4.78 is 2.16. The quantitative estimate of drug-likeness (QED) is 0.204. The van der Waals surface area contributed by atoms with Crippen LogP contribution in [0.15, 0.2) is 140 Å². The Morgan fingerprint density at radius 2 is 1.07 bits per heavy atom. The summed E-state index contributed by atoms with van der Waals surface area (Å²) in [4.78, 5) is 29.9. The first-order valence-corrected chi connectivity index (χ1v) is 14.4. The molecule has 1 aromatic heterocycles. The molecule has 4 heteroatoms. The van der Waals surface area contributed by atoms with Gasteiger partial charge in [0.15, 0.2) is 0 Å². The molecule has 4 nitrogen and oxygen atoms in total. The van der Waals surface area contributed by atoms with Crippen molar-refractivity contribution in [3.8, 4) is 27.9 Å². The van der Waals surface area contributed by atoms with Crippen molar-refractivity contribution in [1.82, 2.24) is 4.57 Å². The zero-order valence-electron chi connectivity index (χ0n) is 23.5. The topological polar surface area (TPSA) is 42.3 Å². The summed E-state index contributed by atoms with van der Waals surface area (Å²) in [7, 11) is 0. The second kappa shape index (κ2) is 9.68. The van der Waals surface area contributed by atoms with Gasteiger partial charge in [-0.25, -0.2) is 4.90 Å². The third kappa shape index (κ3) is 3.77. The lowest BCUT2D eigenvalue weighted by Crippen LogP contribution is -2.30. The third-order valence-electron chi connectivity index (χ3n) is 8.42. The molecule has 0 saturated carbocycles. The molecule has 0 N–H and O–H groups in total. The number of amides is 2. The van der Waals surface area contributed by atoms with Crippen LogP contribution in [-0.2, 0) is 0 Å². The molecule has 1 aliphatic rings. The molecule has 204 valence electrons. The van der Waals surface area contributed by atoms with Crippen LogP contribution in [0.25, 0.3) is 49.7 Å². The fourth-order valence-electron chi connectivity index (χ4n) is 6.44. The van der Waals surface area contributed by atoms with Gasteiger partial charge in [-0.1, -0.05) is 121 Å². The molecule has 0 saturated heterocycles. The molecule has 0 fully saturated rings. The van der Waals surface area contributed by atoms with Crippen LogP contribution in [0.4, 0.5) is 5.69 Å². The molecule has 0 aliphatic carbocycles. The Bertz CT molecular complexity index is 2230. The number of carbonyl (C=O) groups is 2. The number of anilines is 1. The minimum atomic E-state index is -0.322. The van der Waals surface area contributed by atoms with Crippen LogP contribution in [0, 0.1) is 6.92 Å². The van der Waals surface area contributed by atoms with Gasteiger partial charge in [-0.3, -0.25) is 9.59 Å². The van der Waals surface area contributed by atoms with E-state index in [0.717, 1.165) is 44.1 Å². The van der Waals surface area contributed by atoms with E-state index in [4.69, 9.17) is 0 Å². The van der Waals surface area contributed by atoms with Gasteiger partial charge in [0, 0.05) is 21.9 Å². The summed E-state index contributed by atoms with van der Waals surface area (Å²) in [6, 6.07) is 46.2. The van der Waals surface area contributed by atoms with E-state index >= 15 is 0 Å². The van der Waals surface area contributed by atoms with Crippen molar-refractivity contribution in [3.05, 3.63) is 156 Å². The molecule has 0 spiro atoms. The van der Waals surface area contributed by atoms with E-state index in [1.807, 2.05) is 78.9 Å². The molecular formula is C39H26N2O2. The van der Waals surface area contributed by atoms with Gasteiger partial charge >= 0.3 is 0 Å². The second-order valence-corrected chi connectivity index (χ2v) is 10.9. The second-order valence-electron chi connectivity index (χ2n) is 10.9. The molecule has 2 heterocycles. The van der Waals surface area contributed by atoms with Gasteiger partial charge in [-0.2, -0.15) is 0 Å². The van der Waals surface area contributed by atoms with E-state index in [-0.39, 0.29) is 11.8 Å². The molecule has 8 rings (SSSR count). The maximum Gasteiger partial charge on any atom is 0.268 e. The number of imide groups is 1. The predicted molar refractivity (Wildman–Crippen MR) is 174 cm³/mol. The standard InChI is InChI=1S/C39H26N2O2/c1-25-21-23-27(24-22-25)29-15-9-16-31-30-14-6-8-19-34(30)40(37(29)31)35-20-10-17-32-36(35)39(43)41(38(32)42)33-18-7-5-13-28(33)26-11-3-2-4-12-26/h2-24H,1H3. The van der Waals surface area contributed by atoms with Crippen molar-refractivity contribution in [2.24, 2.45) is 0 Å². The van der Waals surface area contributed by atoms with Crippen LogP contribution in [-0.4, -0.2) is 16.4 Å². The number of nitrogens with zero attached hydrogens (tertiary/aromatic N) is 2. The molecule has 1 aliphatic heterocycles. The molecule has 2 amide bonds. The minimum absolute atomic E-state index is 0.315. The Morgan fingerprint density at radius 3 is 1.91 bits per heavy atom. The van der Waals surface area contributed by atoms with Crippen LogP contribution in [0.1, 0.15) is 26.3 Å². The number of hydrogen-bond donors (Lipinski definition) is 0. The molecule has 43 heavy (non-hydrogen) atoms. The van der Waals surface area contributed by atoms with E-state index in [1.54, 1.807) is 6.07 Å². The van der Waals surface area contributed by atoms with Gasteiger partial charge in [0.2, 0.25) is 0 Å². The summed E-state index contributed by atoms with van der Waals surface area (Å²) in [6.07, 6.45) is 0. The highest BCUT2D eigenvalue weighted by molar-refractivity contribution is 6.36. The Labute approximate surface area is 249 Å². The first-order chi connectivity index (χ1) is 21.1. The highest BCUT2D eigenvalue weighted by atomic mass is 16.2. The zero-order valence-corrected chi connectivity index (χ0v) is 23.5. The fraction of sp³-hybridized carbons (Fsp3) is 0.0256. The first kappa shape index (κ1) is 25.0. The van der Waals surface area contributed by atoms with Crippen molar-refractivity contribution in [2.75, 3.05) is 4.90 Å². The van der Waals surface area contributed by atoms with Gasteiger partial charge in [-0.05, 0) is 42.3 Å². The number of para-hydroxylation sites is 3. The maximum atomic E-state index is 14.5. The highest BCUT2D eigenvalue weighted by Gasteiger charge is 2.40. The normalized spacial score (nSPS) is 12.8. The van der Waals surface area contributed by atoms with Crippen LogP contribution in [0.3, 0.4) is 0 Å². The Balaban J connectivity index is 1.39. The molecule has 6 aromatic carbocycles. The van der Waals surface area contributed by atoms with Crippen molar-refractivity contribution in [1.29, 1.82) is 0 Å². The number of aryl methyl sites for hydroxylation is 1. The number of fused-ring (bicyclic) bond motifs is 4. The number of carbonyl (C=O) groups excluding carboxylic acids is 2. The van der Waals surface area contributed by atoms with Crippen LogP contribution in [0.5, 0.6) is 0 Å². The van der Waals surface area contributed by atoms with Crippen LogP contribution < -0.4 is 4.90 Å². The van der Waals surface area contributed by atoms with Gasteiger partial charge < -0.3 is 4.57 Å². The Kier molecular flexibility index (Phi) is 5.63. The van der Waals surface area contributed by atoms with Crippen molar-refractivity contribution in [2.45, 2.75) is 6.92 Å². The molecule has 0 atom stereocenters. The van der Waals surface area contributed by atoms with E-state index in [1.165, 1.54) is 10.5 Å². The number of rotatable bonds is 4. The number of hydrogen-bond acceptors (Lipinski definition) is 2. The summed E-state index contributed by atoms with van der Waals surface area (Å²) in [6.45, 7) is 2.08. The smallest absolute Gasteiger partial charge is 0.268 e. The van der Waals surface area contributed by atoms with Crippen LogP contribution in [0.2, 0.25) is 0 Å². The maximum absolute atomic E-state index is 14.5. The van der Waals surface area contributed by atoms with E-state index in [2.05, 4.69) is 66.1 Å². The average Bonchev–Trinajstić information content (AvgIpc) is 3.53. The monoisotopic (exact) mass is 554 g/mol. The molecule has 0 unspecified atom stereocenters. The fourth-order valence-corrected chi connectivity index (χ4v) is 6.44. The Hall–Kier alpha value is -5.74. The van der Waals surface area contributed by atoms with Crippen molar-refractivity contribution < 1.29 is 9.59 Å². The molecule has 0 bridgehead atoms. The summed E-state index contributed by atoms with van der Waals surface area (Å²) in [5.41, 5.74) is 9.20.